The number of phenols is 1. The van der Waals surface area contributed by atoms with E-state index in [1.807, 2.05) is 27.2 Å². The highest BCUT2D eigenvalue weighted by atomic mass is 16.3. The van der Waals surface area contributed by atoms with Crippen molar-refractivity contribution in [3.8, 4) is 5.75 Å². The van der Waals surface area contributed by atoms with Crippen molar-refractivity contribution in [1.82, 2.24) is 5.43 Å². The third-order valence-corrected chi connectivity index (χ3v) is 2.26. The van der Waals surface area contributed by atoms with Crippen molar-refractivity contribution >= 4 is 11.6 Å². The molecular weight excluding hydrogens is 230 g/mol. The van der Waals surface area contributed by atoms with E-state index in [0.717, 1.165) is 0 Å². The van der Waals surface area contributed by atoms with Gasteiger partial charge in [0.2, 0.25) is 0 Å². The number of amides is 1. The summed E-state index contributed by atoms with van der Waals surface area (Å²) < 4.78 is 0.539. The fourth-order valence-corrected chi connectivity index (χ4v) is 1.45. The molecule has 0 aromatic heterocycles. The zero-order valence-electron chi connectivity index (χ0n) is 11.3. The first-order valence-electron chi connectivity index (χ1n) is 5.71. The van der Waals surface area contributed by atoms with Crippen molar-refractivity contribution in [3.05, 3.63) is 29.8 Å². The van der Waals surface area contributed by atoms with E-state index in [-0.39, 0.29) is 11.7 Å². The van der Waals surface area contributed by atoms with Gasteiger partial charge in [0.1, 0.15) is 5.75 Å². The Kier molecular flexibility index (Phi) is 4.44. The Morgan fingerprint density at radius 2 is 1.94 bits per heavy atom. The van der Waals surface area contributed by atoms with Gasteiger partial charge in [-0.2, -0.15) is 5.10 Å². The number of likely N-dealkylation sites (N-methyl/N-ethyl adjacent to an activating group) is 1. The fraction of sp³-hybridized carbons (Fsp3) is 0.385. The van der Waals surface area contributed by atoms with Gasteiger partial charge in [0.05, 0.1) is 26.9 Å². The summed E-state index contributed by atoms with van der Waals surface area (Å²) in [5.74, 6) is -0.00290. The van der Waals surface area contributed by atoms with Crippen LogP contribution in [0.25, 0.3) is 0 Å². The van der Waals surface area contributed by atoms with Crippen LogP contribution < -0.4 is 5.43 Å². The Morgan fingerprint density at radius 3 is 2.50 bits per heavy atom. The maximum absolute atomic E-state index is 11.6. The molecule has 18 heavy (non-hydrogen) atoms. The quantitative estimate of drug-likeness (QED) is 0.474. The lowest BCUT2D eigenvalue weighted by molar-refractivity contribution is -0.862. The molecule has 5 nitrogen and oxygen atoms in total. The molecule has 0 radical (unpaired) electrons. The summed E-state index contributed by atoms with van der Waals surface area (Å²) in [6.07, 6.45) is 0. The number of quaternary nitrogens is 1. The van der Waals surface area contributed by atoms with Crippen LogP contribution in [0.15, 0.2) is 29.4 Å². The van der Waals surface area contributed by atoms with Crippen molar-refractivity contribution in [2.75, 3.05) is 27.7 Å². The maximum atomic E-state index is 11.6. The van der Waals surface area contributed by atoms with Gasteiger partial charge in [-0.1, -0.05) is 12.1 Å². The molecule has 0 spiro atoms. The number of rotatable bonds is 4. The Balaban J connectivity index is 2.69. The zero-order chi connectivity index (χ0) is 13.8. The number of carbonyl (C=O) groups excluding carboxylic acids is 1. The lowest BCUT2D eigenvalue weighted by Gasteiger charge is -2.22. The summed E-state index contributed by atoms with van der Waals surface area (Å²) in [7, 11) is 5.79. The van der Waals surface area contributed by atoms with Gasteiger partial charge >= 0.3 is 0 Å². The fourth-order valence-electron chi connectivity index (χ4n) is 1.45. The van der Waals surface area contributed by atoms with Gasteiger partial charge in [-0.05, 0) is 19.1 Å². The number of para-hydroxylation sites is 1. The number of nitrogens with zero attached hydrogens (tertiary/aromatic N) is 2. The summed E-state index contributed by atoms with van der Waals surface area (Å²) >= 11 is 0. The van der Waals surface area contributed by atoms with E-state index in [0.29, 0.717) is 22.3 Å². The predicted molar refractivity (Wildman–Crippen MR) is 71.4 cm³/mol. The van der Waals surface area contributed by atoms with E-state index in [4.69, 9.17) is 0 Å². The second-order valence-corrected chi connectivity index (χ2v) is 5.20. The monoisotopic (exact) mass is 250 g/mol. The van der Waals surface area contributed by atoms with Gasteiger partial charge in [0, 0.05) is 5.56 Å². The highest BCUT2D eigenvalue weighted by Gasteiger charge is 2.13. The Hall–Kier alpha value is -1.88. The van der Waals surface area contributed by atoms with Gasteiger partial charge in [-0.3, -0.25) is 4.79 Å². The van der Waals surface area contributed by atoms with Crippen LogP contribution in [-0.4, -0.2) is 48.9 Å². The van der Waals surface area contributed by atoms with Crippen LogP contribution in [0.3, 0.4) is 0 Å². The van der Waals surface area contributed by atoms with Crippen molar-refractivity contribution in [3.63, 3.8) is 0 Å². The van der Waals surface area contributed by atoms with E-state index < -0.39 is 0 Å². The Morgan fingerprint density at radius 1 is 1.33 bits per heavy atom. The minimum atomic E-state index is -0.155. The minimum Gasteiger partial charge on any atom is -0.507 e. The minimum absolute atomic E-state index is 0.152. The normalized spacial score (nSPS) is 12.3. The molecule has 0 unspecified atom stereocenters. The largest absolute Gasteiger partial charge is 0.507 e. The molecule has 1 aromatic rings. The highest BCUT2D eigenvalue weighted by molar-refractivity contribution is 6.01. The van der Waals surface area contributed by atoms with E-state index in [1.54, 1.807) is 25.1 Å². The summed E-state index contributed by atoms with van der Waals surface area (Å²) in [6.45, 7) is 2.08. The van der Waals surface area contributed by atoms with Crippen LogP contribution in [0.4, 0.5) is 0 Å². The van der Waals surface area contributed by atoms with Gasteiger partial charge in [-0.15, -0.1) is 0 Å². The van der Waals surface area contributed by atoms with Crippen molar-refractivity contribution in [2.24, 2.45) is 5.10 Å². The van der Waals surface area contributed by atoms with Gasteiger partial charge in [0.15, 0.2) is 6.54 Å². The number of hydrazone groups is 1. The third kappa shape index (κ3) is 4.55. The van der Waals surface area contributed by atoms with E-state index in [2.05, 4.69) is 10.5 Å². The smallest absolute Gasteiger partial charge is 0.295 e. The van der Waals surface area contributed by atoms with E-state index in [1.165, 1.54) is 0 Å². The van der Waals surface area contributed by atoms with Crippen LogP contribution in [0.5, 0.6) is 5.75 Å². The maximum Gasteiger partial charge on any atom is 0.295 e. The van der Waals surface area contributed by atoms with Crippen molar-refractivity contribution in [1.29, 1.82) is 0 Å². The standard InChI is InChI=1S/C13H19N3O2/c1-10(11-7-5-6-8-12(11)17)14-15-13(18)9-16(2,3)4/h5-8H,9H2,1-4H3,(H-,14,15,17,18)/p+1. The zero-order valence-corrected chi connectivity index (χ0v) is 11.3. The molecule has 5 heteroatoms. The van der Waals surface area contributed by atoms with E-state index >= 15 is 0 Å². The Bertz CT molecular complexity index is 462. The summed E-state index contributed by atoms with van der Waals surface area (Å²) in [6, 6.07) is 6.88. The topological polar surface area (TPSA) is 61.7 Å². The lowest BCUT2D eigenvalue weighted by Crippen LogP contribution is -2.43. The first kappa shape index (κ1) is 14.2. The van der Waals surface area contributed by atoms with Gasteiger partial charge in [-0.25, -0.2) is 5.43 Å². The molecule has 1 amide bonds. The van der Waals surface area contributed by atoms with Crippen LogP contribution in [0, 0.1) is 0 Å². The number of phenolic OH excluding ortho intramolecular Hbond substituents is 1. The average Bonchev–Trinajstić information content (AvgIpc) is 2.24. The number of benzene rings is 1. The van der Waals surface area contributed by atoms with Crippen molar-refractivity contribution < 1.29 is 14.4 Å². The summed E-state index contributed by atoms with van der Waals surface area (Å²) in [4.78, 5) is 11.6. The van der Waals surface area contributed by atoms with Gasteiger partial charge in [0.25, 0.3) is 5.91 Å². The summed E-state index contributed by atoms with van der Waals surface area (Å²) in [5.41, 5.74) is 3.67. The molecule has 0 aliphatic rings. The number of nitrogens with one attached hydrogen (secondary N) is 1. The highest BCUT2D eigenvalue weighted by Crippen LogP contribution is 2.15. The van der Waals surface area contributed by atoms with Crippen LogP contribution in [-0.2, 0) is 4.79 Å². The molecule has 0 bridgehead atoms. The number of carbonyl (C=O) groups is 1. The summed E-state index contributed by atoms with van der Waals surface area (Å²) in [5, 5.41) is 13.6. The molecule has 98 valence electrons. The predicted octanol–water partition coefficient (Wildman–Crippen LogP) is 0.939. The molecule has 0 saturated carbocycles. The average molecular weight is 250 g/mol. The number of hydrogen-bond donors (Lipinski definition) is 2. The molecule has 0 aliphatic carbocycles. The third-order valence-electron chi connectivity index (χ3n) is 2.26. The molecule has 1 aromatic carbocycles. The van der Waals surface area contributed by atoms with Crippen LogP contribution in [0.2, 0.25) is 0 Å². The molecule has 0 aliphatic heterocycles. The number of hydrogen-bond acceptors (Lipinski definition) is 3. The molecular formula is C13H20N3O2+. The second-order valence-electron chi connectivity index (χ2n) is 5.20. The Labute approximate surface area is 107 Å². The molecule has 0 atom stereocenters. The number of aromatic hydroxyl groups is 1. The van der Waals surface area contributed by atoms with Crippen LogP contribution >= 0.6 is 0 Å². The van der Waals surface area contributed by atoms with Crippen LogP contribution in [0.1, 0.15) is 12.5 Å². The first-order chi connectivity index (χ1) is 8.29. The van der Waals surface area contributed by atoms with Gasteiger partial charge < -0.3 is 9.59 Å². The molecule has 0 heterocycles. The molecule has 0 saturated heterocycles. The molecule has 0 fully saturated rings. The second kappa shape index (κ2) is 5.64. The van der Waals surface area contributed by atoms with E-state index in [9.17, 15) is 9.90 Å². The SMILES string of the molecule is CC(=NNC(=O)C[N+](C)(C)C)c1ccccc1O. The first-order valence-corrected chi connectivity index (χ1v) is 5.71. The lowest BCUT2D eigenvalue weighted by atomic mass is 10.1. The van der Waals surface area contributed by atoms with Crippen molar-refractivity contribution in [2.45, 2.75) is 6.92 Å². The molecule has 1 rings (SSSR count). The molecule has 2 N–H and O–H groups in total.